The van der Waals surface area contributed by atoms with E-state index in [4.69, 9.17) is 4.42 Å². The van der Waals surface area contributed by atoms with Gasteiger partial charge in [-0.15, -0.1) is 11.8 Å². The Morgan fingerprint density at radius 3 is 2.68 bits per heavy atom. The minimum absolute atomic E-state index is 0.0193. The average molecular weight is 436 g/mol. The van der Waals surface area contributed by atoms with Gasteiger partial charge >= 0.3 is 0 Å². The lowest BCUT2D eigenvalue weighted by molar-refractivity contribution is -0.117. The molecule has 2 aromatic carbocycles. The van der Waals surface area contributed by atoms with Crippen molar-refractivity contribution in [3.05, 3.63) is 78.3 Å². The summed E-state index contributed by atoms with van der Waals surface area (Å²) < 4.78 is 5.22. The summed E-state index contributed by atoms with van der Waals surface area (Å²) >= 11 is 1.50. The van der Waals surface area contributed by atoms with E-state index in [1.807, 2.05) is 24.3 Å². The summed E-state index contributed by atoms with van der Waals surface area (Å²) in [4.78, 5) is 40.2. The Morgan fingerprint density at radius 2 is 1.84 bits per heavy atom. The Kier molecular flexibility index (Phi) is 6.37. The van der Waals surface area contributed by atoms with Crippen LogP contribution in [0.3, 0.4) is 0 Å². The molecule has 0 bridgehead atoms. The topological polar surface area (TPSA) is 91.7 Å². The fourth-order valence-corrected chi connectivity index (χ4v) is 4.23. The molecule has 0 saturated heterocycles. The molecule has 3 aromatic rings. The molecule has 0 aliphatic carbocycles. The number of para-hydroxylation sites is 2. The molecule has 0 unspecified atom stereocenters. The summed E-state index contributed by atoms with van der Waals surface area (Å²) in [6, 6.07) is 18.0. The maximum absolute atomic E-state index is 12.6. The van der Waals surface area contributed by atoms with E-state index in [9.17, 15) is 14.4 Å². The molecular formula is C23H21N3O4S. The highest BCUT2D eigenvalue weighted by atomic mass is 32.2. The van der Waals surface area contributed by atoms with Gasteiger partial charge in [0.05, 0.1) is 35.5 Å². The fourth-order valence-electron chi connectivity index (χ4n) is 3.29. The third kappa shape index (κ3) is 4.97. The number of furan rings is 1. The molecule has 1 aromatic heterocycles. The van der Waals surface area contributed by atoms with Gasteiger partial charge in [0.15, 0.2) is 0 Å². The Bertz CT molecular complexity index is 1100. The molecular weight excluding hydrogens is 414 g/mol. The highest BCUT2D eigenvalue weighted by Gasteiger charge is 2.24. The van der Waals surface area contributed by atoms with Gasteiger partial charge < -0.3 is 20.0 Å². The number of nitrogens with one attached hydrogen (secondary N) is 2. The summed E-state index contributed by atoms with van der Waals surface area (Å²) in [5.41, 5.74) is 1.61. The average Bonchev–Trinajstić information content (AvgIpc) is 3.31. The summed E-state index contributed by atoms with van der Waals surface area (Å²) in [6.45, 7) is 0.525. The third-order valence-electron chi connectivity index (χ3n) is 4.82. The second-order valence-electron chi connectivity index (χ2n) is 6.91. The van der Waals surface area contributed by atoms with Crippen molar-refractivity contribution in [2.24, 2.45) is 0 Å². The minimum atomic E-state index is -0.315. The van der Waals surface area contributed by atoms with Crippen LogP contribution in [0.4, 0.5) is 11.4 Å². The summed E-state index contributed by atoms with van der Waals surface area (Å²) in [6.07, 6.45) is 1.66. The zero-order valence-electron chi connectivity index (χ0n) is 16.7. The standard InChI is InChI=1S/C23H21N3O4S/c27-21(11-12-26-19-9-3-4-10-20(19)31-15-22(26)28)25-18-8-2-1-7-17(18)23(29)24-14-16-6-5-13-30-16/h1-10,13H,11-12,14-15H2,(H,24,29)(H,25,27). The molecule has 0 fully saturated rings. The molecule has 8 heteroatoms. The molecule has 0 atom stereocenters. The van der Waals surface area contributed by atoms with E-state index in [-0.39, 0.29) is 37.2 Å². The van der Waals surface area contributed by atoms with Crippen LogP contribution < -0.4 is 15.5 Å². The summed E-state index contributed by atoms with van der Waals surface area (Å²) in [5, 5.41) is 5.57. The second kappa shape index (κ2) is 9.53. The number of amides is 3. The fraction of sp³-hybridized carbons (Fsp3) is 0.174. The molecule has 4 rings (SSSR count). The van der Waals surface area contributed by atoms with Gasteiger partial charge in [-0.25, -0.2) is 0 Å². The van der Waals surface area contributed by atoms with Crippen molar-refractivity contribution in [1.29, 1.82) is 0 Å². The minimum Gasteiger partial charge on any atom is -0.467 e. The molecule has 158 valence electrons. The molecule has 1 aliphatic heterocycles. The third-order valence-corrected chi connectivity index (χ3v) is 5.87. The van der Waals surface area contributed by atoms with E-state index in [0.29, 0.717) is 22.8 Å². The largest absolute Gasteiger partial charge is 0.467 e. The predicted molar refractivity (Wildman–Crippen MR) is 119 cm³/mol. The smallest absolute Gasteiger partial charge is 0.253 e. The Morgan fingerprint density at radius 1 is 1.03 bits per heavy atom. The molecule has 1 aliphatic rings. The van der Waals surface area contributed by atoms with Crippen LogP contribution in [0, 0.1) is 0 Å². The first-order valence-corrected chi connectivity index (χ1v) is 10.8. The van der Waals surface area contributed by atoms with E-state index in [0.717, 1.165) is 10.6 Å². The van der Waals surface area contributed by atoms with Crippen molar-refractivity contribution < 1.29 is 18.8 Å². The van der Waals surface area contributed by atoms with Crippen LogP contribution in [0.2, 0.25) is 0 Å². The maximum Gasteiger partial charge on any atom is 0.253 e. The highest BCUT2D eigenvalue weighted by Crippen LogP contribution is 2.34. The van der Waals surface area contributed by atoms with Crippen LogP contribution in [-0.4, -0.2) is 30.0 Å². The molecule has 2 heterocycles. The number of carbonyl (C=O) groups is 3. The zero-order valence-corrected chi connectivity index (χ0v) is 17.5. The maximum atomic E-state index is 12.6. The number of anilines is 2. The lowest BCUT2D eigenvalue weighted by Gasteiger charge is -2.28. The second-order valence-corrected chi connectivity index (χ2v) is 7.92. The number of nitrogens with zero attached hydrogens (tertiary/aromatic N) is 1. The van der Waals surface area contributed by atoms with E-state index in [1.165, 1.54) is 11.8 Å². The Balaban J connectivity index is 1.38. The van der Waals surface area contributed by atoms with Gasteiger partial charge in [-0.05, 0) is 36.4 Å². The zero-order chi connectivity index (χ0) is 21.6. The number of carbonyl (C=O) groups excluding carboxylic acids is 3. The molecule has 31 heavy (non-hydrogen) atoms. The number of benzene rings is 2. The van der Waals surface area contributed by atoms with Crippen molar-refractivity contribution in [3.63, 3.8) is 0 Å². The van der Waals surface area contributed by atoms with E-state index >= 15 is 0 Å². The number of hydrogen-bond acceptors (Lipinski definition) is 5. The molecule has 0 spiro atoms. The van der Waals surface area contributed by atoms with Crippen molar-refractivity contribution in [2.45, 2.75) is 17.9 Å². The number of fused-ring (bicyclic) bond motifs is 1. The van der Waals surface area contributed by atoms with Crippen LogP contribution in [0.5, 0.6) is 0 Å². The van der Waals surface area contributed by atoms with Crippen molar-refractivity contribution >= 4 is 40.9 Å². The highest BCUT2D eigenvalue weighted by molar-refractivity contribution is 8.00. The van der Waals surface area contributed by atoms with Crippen LogP contribution in [0.1, 0.15) is 22.5 Å². The van der Waals surface area contributed by atoms with Crippen molar-refractivity contribution in [1.82, 2.24) is 5.32 Å². The molecule has 3 amide bonds. The molecule has 0 radical (unpaired) electrons. The van der Waals surface area contributed by atoms with E-state index in [2.05, 4.69) is 10.6 Å². The monoisotopic (exact) mass is 435 g/mol. The number of thioether (sulfide) groups is 1. The van der Waals surface area contributed by atoms with Crippen molar-refractivity contribution in [3.8, 4) is 0 Å². The lowest BCUT2D eigenvalue weighted by Crippen LogP contribution is -2.37. The quantitative estimate of drug-likeness (QED) is 0.591. The molecule has 2 N–H and O–H groups in total. The number of rotatable bonds is 7. The first kappa shape index (κ1) is 20.7. The molecule has 0 saturated carbocycles. The summed E-state index contributed by atoms with van der Waals surface area (Å²) in [5.74, 6) is 0.394. The van der Waals surface area contributed by atoms with Crippen LogP contribution >= 0.6 is 11.8 Å². The normalized spacial score (nSPS) is 12.9. The van der Waals surface area contributed by atoms with Gasteiger partial charge in [0.2, 0.25) is 11.8 Å². The van der Waals surface area contributed by atoms with Gasteiger partial charge in [0.1, 0.15) is 5.76 Å². The SMILES string of the molecule is O=C(CCN1C(=O)CSc2ccccc21)Nc1ccccc1C(=O)NCc1ccco1. The first-order chi connectivity index (χ1) is 15.1. The van der Waals surface area contributed by atoms with Crippen LogP contribution in [0.15, 0.2) is 76.2 Å². The summed E-state index contributed by atoms with van der Waals surface area (Å²) in [7, 11) is 0. The molecule has 7 nitrogen and oxygen atoms in total. The van der Waals surface area contributed by atoms with Gasteiger partial charge in [-0.1, -0.05) is 24.3 Å². The predicted octanol–water partition coefficient (Wildman–Crippen LogP) is 3.68. The van der Waals surface area contributed by atoms with Gasteiger partial charge in [-0.2, -0.15) is 0 Å². The first-order valence-electron chi connectivity index (χ1n) is 9.83. The van der Waals surface area contributed by atoms with Gasteiger partial charge in [0, 0.05) is 17.9 Å². The van der Waals surface area contributed by atoms with Gasteiger partial charge in [-0.3, -0.25) is 14.4 Å². The number of hydrogen-bond donors (Lipinski definition) is 2. The Hall–Kier alpha value is -3.52. The van der Waals surface area contributed by atoms with E-state index in [1.54, 1.807) is 47.6 Å². The Labute approximate surface area is 183 Å². The van der Waals surface area contributed by atoms with E-state index < -0.39 is 0 Å². The van der Waals surface area contributed by atoms with Crippen LogP contribution in [-0.2, 0) is 16.1 Å². The van der Waals surface area contributed by atoms with Gasteiger partial charge in [0.25, 0.3) is 5.91 Å². The van der Waals surface area contributed by atoms with Crippen molar-refractivity contribution in [2.75, 3.05) is 22.5 Å². The lowest BCUT2D eigenvalue weighted by atomic mass is 10.1. The van der Waals surface area contributed by atoms with Crippen LogP contribution in [0.25, 0.3) is 0 Å².